The number of pyridine rings is 1. The first kappa shape index (κ1) is 29.5. The third-order valence-corrected chi connectivity index (χ3v) is 7.10. The average Bonchev–Trinajstić information content (AvgIpc) is 3.45. The zero-order valence-electron chi connectivity index (χ0n) is 21.2. The van der Waals surface area contributed by atoms with Crippen LogP contribution in [0.3, 0.4) is 0 Å². The molecule has 3 aromatic carbocycles. The third kappa shape index (κ3) is 7.25. The van der Waals surface area contributed by atoms with Gasteiger partial charge >= 0.3 is 6.36 Å². The number of nitrogens with zero attached hydrogens (tertiary/aromatic N) is 5. The third-order valence-electron chi connectivity index (χ3n) is 6.02. The highest BCUT2D eigenvalue weighted by molar-refractivity contribution is 9.10. The number of rotatable bonds is 8. The van der Waals surface area contributed by atoms with E-state index in [0.29, 0.717) is 38.1 Å². The molecule has 0 radical (unpaired) electrons. The van der Waals surface area contributed by atoms with E-state index in [2.05, 4.69) is 41.5 Å². The Balaban J connectivity index is 1.53. The highest BCUT2D eigenvalue weighted by Gasteiger charge is 2.31. The van der Waals surface area contributed by atoms with Crippen LogP contribution < -0.4 is 10.1 Å². The molecule has 0 saturated heterocycles. The number of halogens is 6. The molecule has 0 aliphatic heterocycles. The van der Waals surface area contributed by atoms with Crippen molar-refractivity contribution >= 4 is 45.0 Å². The standard InChI is InChI=1S/C28H18BrCl2F3N6O2/c29-19-5-1-16(2-6-19)26-23(22-10-7-20(30)12-24(22)31)11-18(25(37-26)14-40-15-36-38-39-40)13-35-27(41)17-3-8-21(9-4-17)42-28(32,33)34/h1-12,15H,13-14H2,(H,35,41). The van der Waals surface area contributed by atoms with Crippen LogP contribution >= 0.6 is 39.1 Å². The monoisotopic (exact) mass is 676 g/mol. The van der Waals surface area contributed by atoms with Crippen molar-refractivity contribution in [3.8, 4) is 28.1 Å². The van der Waals surface area contributed by atoms with Crippen molar-refractivity contribution in [3.05, 3.63) is 110 Å². The van der Waals surface area contributed by atoms with Crippen molar-refractivity contribution in [2.45, 2.75) is 19.5 Å². The highest BCUT2D eigenvalue weighted by atomic mass is 79.9. The van der Waals surface area contributed by atoms with Gasteiger partial charge in [-0.25, -0.2) is 9.67 Å². The van der Waals surface area contributed by atoms with Crippen LogP contribution in [0.15, 0.2) is 83.6 Å². The van der Waals surface area contributed by atoms with E-state index < -0.39 is 18.0 Å². The molecule has 14 heteroatoms. The van der Waals surface area contributed by atoms with Gasteiger partial charge in [-0.1, -0.05) is 57.3 Å². The van der Waals surface area contributed by atoms with Crippen molar-refractivity contribution < 1.29 is 22.7 Å². The number of benzene rings is 3. The molecule has 42 heavy (non-hydrogen) atoms. The minimum absolute atomic E-state index is 0.0307. The molecule has 214 valence electrons. The molecule has 0 spiro atoms. The Hall–Kier alpha value is -4.00. The van der Waals surface area contributed by atoms with Gasteiger partial charge in [0.15, 0.2) is 0 Å². The molecule has 5 rings (SSSR count). The van der Waals surface area contributed by atoms with Gasteiger partial charge in [0.1, 0.15) is 12.1 Å². The molecular formula is C28H18BrCl2F3N6O2. The number of ether oxygens (including phenoxy) is 1. The van der Waals surface area contributed by atoms with E-state index in [4.69, 9.17) is 28.2 Å². The first-order valence-corrected chi connectivity index (χ1v) is 13.7. The quantitative estimate of drug-likeness (QED) is 0.185. The second-order valence-electron chi connectivity index (χ2n) is 8.88. The lowest BCUT2D eigenvalue weighted by Gasteiger charge is -2.18. The number of hydrogen-bond acceptors (Lipinski definition) is 6. The smallest absolute Gasteiger partial charge is 0.406 e. The predicted octanol–water partition coefficient (Wildman–Crippen LogP) is 7.35. The Bertz CT molecular complexity index is 1720. The van der Waals surface area contributed by atoms with E-state index in [1.54, 1.807) is 18.2 Å². The molecule has 0 atom stereocenters. The van der Waals surface area contributed by atoms with Gasteiger partial charge in [-0.05, 0) is 70.6 Å². The maximum Gasteiger partial charge on any atom is 0.573 e. The van der Waals surface area contributed by atoms with Crippen molar-refractivity contribution in [2.75, 3.05) is 0 Å². The molecular weight excluding hydrogens is 660 g/mol. The largest absolute Gasteiger partial charge is 0.573 e. The molecule has 8 nitrogen and oxygen atoms in total. The van der Waals surface area contributed by atoms with E-state index >= 15 is 0 Å². The lowest BCUT2D eigenvalue weighted by atomic mass is 9.96. The Labute approximate surface area is 255 Å². The molecule has 0 aliphatic carbocycles. The fraction of sp³-hybridized carbons (Fsp3) is 0.107. The van der Waals surface area contributed by atoms with Gasteiger partial charge in [0.25, 0.3) is 5.91 Å². The van der Waals surface area contributed by atoms with Gasteiger partial charge in [-0.15, -0.1) is 18.3 Å². The molecule has 1 amide bonds. The van der Waals surface area contributed by atoms with E-state index in [1.807, 2.05) is 30.3 Å². The molecule has 5 aromatic rings. The van der Waals surface area contributed by atoms with Crippen LogP contribution in [0.4, 0.5) is 13.2 Å². The maximum atomic E-state index is 12.9. The Morgan fingerprint density at radius 1 is 0.976 bits per heavy atom. The molecule has 0 saturated carbocycles. The van der Waals surface area contributed by atoms with E-state index in [-0.39, 0.29) is 18.7 Å². The SMILES string of the molecule is O=C(NCc1cc(-c2ccc(Cl)cc2Cl)c(-c2ccc(Br)cc2)nc1Cn1cnnn1)c1ccc(OC(F)(F)F)cc1. The number of alkyl halides is 3. The van der Waals surface area contributed by atoms with E-state index in [0.717, 1.165) is 22.2 Å². The minimum atomic E-state index is -4.83. The van der Waals surface area contributed by atoms with Gasteiger partial charge < -0.3 is 10.1 Å². The van der Waals surface area contributed by atoms with Crippen molar-refractivity contribution in [2.24, 2.45) is 0 Å². The van der Waals surface area contributed by atoms with Crippen LogP contribution in [-0.4, -0.2) is 37.5 Å². The lowest BCUT2D eigenvalue weighted by Crippen LogP contribution is -2.24. The number of carbonyl (C=O) groups is 1. The Morgan fingerprint density at radius 3 is 2.36 bits per heavy atom. The summed E-state index contributed by atoms with van der Waals surface area (Å²) in [5.41, 5.74) is 4.16. The molecule has 2 aromatic heterocycles. The van der Waals surface area contributed by atoms with Gasteiger partial charge in [-0.3, -0.25) is 4.79 Å². The summed E-state index contributed by atoms with van der Waals surface area (Å²) in [5, 5.41) is 15.0. The first-order chi connectivity index (χ1) is 20.1. The topological polar surface area (TPSA) is 94.8 Å². The summed E-state index contributed by atoms with van der Waals surface area (Å²) in [6.07, 6.45) is -3.39. The fourth-order valence-electron chi connectivity index (χ4n) is 4.12. The number of tetrazole rings is 1. The van der Waals surface area contributed by atoms with Crippen LogP contribution in [0.2, 0.25) is 10.0 Å². The minimum Gasteiger partial charge on any atom is -0.406 e. The van der Waals surface area contributed by atoms with E-state index in [9.17, 15) is 18.0 Å². The molecule has 0 aliphatic rings. The Morgan fingerprint density at radius 2 is 1.71 bits per heavy atom. The number of hydrogen-bond donors (Lipinski definition) is 1. The summed E-state index contributed by atoms with van der Waals surface area (Å²) >= 11 is 16.2. The van der Waals surface area contributed by atoms with E-state index in [1.165, 1.54) is 23.1 Å². The number of carbonyl (C=O) groups excluding carboxylic acids is 1. The first-order valence-electron chi connectivity index (χ1n) is 12.1. The molecule has 0 bridgehead atoms. The van der Waals surface area contributed by atoms with Gasteiger partial charge in [0.2, 0.25) is 0 Å². The van der Waals surface area contributed by atoms with Crippen LogP contribution in [0.5, 0.6) is 5.75 Å². The van der Waals surface area contributed by atoms with Crippen LogP contribution in [0.25, 0.3) is 22.4 Å². The zero-order valence-corrected chi connectivity index (χ0v) is 24.3. The van der Waals surface area contributed by atoms with Gasteiger partial charge in [0.05, 0.1) is 17.9 Å². The van der Waals surface area contributed by atoms with Crippen LogP contribution in [0.1, 0.15) is 21.6 Å². The van der Waals surface area contributed by atoms with Crippen molar-refractivity contribution in [1.29, 1.82) is 0 Å². The second kappa shape index (κ2) is 12.5. The normalized spacial score (nSPS) is 11.4. The summed E-state index contributed by atoms with van der Waals surface area (Å²) in [4.78, 5) is 17.9. The van der Waals surface area contributed by atoms with Crippen LogP contribution in [0, 0.1) is 0 Å². The van der Waals surface area contributed by atoms with Gasteiger partial charge in [-0.2, -0.15) is 0 Å². The van der Waals surface area contributed by atoms with Gasteiger partial charge in [0, 0.05) is 43.3 Å². The summed E-state index contributed by atoms with van der Waals surface area (Å²) in [7, 11) is 0. The predicted molar refractivity (Wildman–Crippen MR) is 154 cm³/mol. The molecule has 0 fully saturated rings. The fourth-order valence-corrected chi connectivity index (χ4v) is 4.89. The summed E-state index contributed by atoms with van der Waals surface area (Å²) in [6.45, 7) is 0.225. The van der Waals surface area contributed by atoms with Crippen LogP contribution in [-0.2, 0) is 13.1 Å². The molecule has 2 heterocycles. The molecule has 0 unspecified atom stereocenters. The second-order valence-corrected chi connectivity index (χ2v) is 10.6. The molecule has 1 N–H and O–H groups in total. The lowest BCUT2D eigenvalue weighted by molar-refractivity contribution is -0.274. The summed E-state index contributed by atoms with van der Waals surface area (Å²) in [5.74, 6) is -0.940. The summed E-state index contributed by atoms with van der Waals surface area (Å²) in [6, 6.07) is 19.2. The Kier molecular flexibility index (Phi) is 8.76. The van der Waals surface area contributed by atoms with Crippen molar-refractivity contribution in [1.82, 2.24) is 30.5 Å². The zero-order chi connectivity index (χ0) is 29.9. The number of amides is 1. The summed E-state index contributed by atoms with van der Waals surface area (Å²) < 4.78 is 43.8. The number of aromatic nitrogens is 5. The maximum absolute atomic E-state index is 12.9. The highest BCUT2D eigenvalue weighted by Crippen LogP contribution is 2.38. The van der Waals surface area contributed by atoms with Crippen molar-refractivity contribution in [3.63, 3.8) is 0 Å². The number of nitrogens with one attached hydrogen (secondary N) is 1. The average molecular weight is 678 g/mol.